The molecule has 0 aromatic rings. The molecule has 5 nitrogen and oxygen atoms in total. The number of esters is 1. The van der Waals surface area contributed by atoms with Crippen LogP contribution in [0.5, 0.6) is 0 Å². The molecule has 0 aliphatic carbocycles. The molecule has 0 unspecified atom stereocenters. The van der Waals surface area contributed by atoms with E-state index in [9.17, 15) is 9.59 Å². The fraction of sp³-hybridized carbons (Fsp3) is 0.846. The Bertz CT molecular complexity index is 321. The summed E-state index contributed by atoms with van der Waals surface area (Å²) >= 11 is 0. The normalized spacial score (nSPS) is 24.6. The molecule has 1 fully saturated rings. The van der Waals surface area contributed by atoms with Crippen LogP contribution >= 0.6 is 0 Å². The first kappa shape index (κ1) is 14.8. The predicted molar refractivity (Wildman–Crippen MR) is 67.1 cm³/mol. The summed E-state index contributed by atoms with van der Waals surface area (Å²) in [5.41, 5.74) is -0.490. The zero-order chi connectivity index (χ0) is 13.9. The molecular formula is C13H23NO4. The zero-order valence-electron chi connectivity index (χ0n) is 11.9. The highest BCUT2D eigenvalue weighted by atomic mass is 16.6. The molecule has 0 radical (unpaired) electrons. The first-order valence-electron chi connectivity index (χ1n) is 6.32. The summed E-state index contributed by atoms with van der Waals surface area (Å²) in [5.74, 6) is -0.297. The monoisotopic (exact) mass is 257 g/mol. The Morgan fingerprint density at radius 2 is 1.89 bits per heavy atom. The minimum Gasteiger partial charge on any atom is -0.469 e. The van der Waals surface area contributed by atoms with E-state index in [1.807, 2.05) is 27.7 Å². The SMILES string of the molecule is COC(=O)[C@@H]1CCN(C(=O)OC(C)(C)C)[C@@H](C)C1. The minimum absolute atomic E-state index is 0.00213. The number of carbonyl (C=O) groups is 2. The molecule has 1 heterocycles. The van der Waals surface area contributed by atoms with Gasteiger partial charge in [-0.05, 0) is 40.5 Å². The summed E-state index contributed by atoms with van der Waals surface area (Å²) in [4.78, 5) is 25.1. The number of likely N-dealkylation sites (tertiary alicyclic amines) is 1. The average molecular weight is 257 g/mol. The van der Waals surface area contributed by atoms with Crippen LogP contribution in [0.4, 0.5) is 4.79 Å². The lowest BCUT2D eigenvalue weighted by molar-refractivity contribution is -0.147. The van der Waals surface area contributed by atoms with Gasteiger partial charge in [-0.1, -0.05) is 0 Å². The predicted octanol–water partition coefficient (Wildman–Crippen LogP) is 2.20. The molecule has 104 valence electrons. The van der Waals surface area contributed by atoms with Gasteiger partial charge in [-0.25, -0.2) is 4.79 Å². The van der Waals surface area contributed by atoms with Crippen molar-refractivity contribution in [3.8, 4) is 0 Å². The van der Waals surface area contributed by atoms with E-state index < -0.39 is 5.60 Å². The third-order valence-electron chi connectivity index (χ3n) is 3.04. The first-order valence-corrected chi connectivity index (χ1v) is 6.32. The minimum atomic E-state index is -0.490. The highest BCUT2D eigenvalue weighted by Gasteiger charge is 2.34. The Morgan fingerprint density at radius 1 is 1.28 bits per heavy atom. The van der Waals surface area contributed by atoms with Gasteiger partial charge in [-0.3, -0.25) is 4.79 Å². The summed E-state index contributed by atoms with van der Waals surface area (Å²) in [6.07, 6.45) is 0.959. The molecule has 2 atom stereocenters. The van der Waals surface area contributed by atoms with Gasteiger partial charge in [0, 0.05) is 12.6 Å². The van der Waals surface area contributed by atoms with Crippen LogP contribution in [0.2, 0.25) is 0 Å². The molecule has 1 aliphatic rings. The van der Waals surface area contributed by atoms with Crippen LogP contribution in [0.1, 0.15) is 40.5 Å². The molecule has 5 heteroatoms. The lowest BCUT2D eigenvalue weighted by atomic mass is 9.92. The molecule has 0 saturated carbocycles. The summed E-state index contributed by atoms with van der Waals surface area (Å²) in [7, 11) is 1.40. The molecule has 0 spiro atoms. The van der Waals surface area contributed by atoms with Crippen molar-refractivity contribution < 1.29 is 19.1 Å². The Balaban J connectivity index is 2.57. The van der Waals surface area contributed by atoms with Gasteiger partial charge in [0.05, 0.1) is 13.0 Å². The molecule has 18 heavy (non-hydrogen) atoms. The summed E-state index contributed by atoms with van der Waals surface area (Å²) in [6, 6.07) is -0.00213. The third kappa shape index (κ3) is 3.89. The van der Waals surface area contributed by atoms with Gasteiger partial charge in [0.15, 0.2) is 0 Å². The van der Waals surface area contributed by atoms with Gasteiger partial charge in [0.2, 0.25) is 0 Å². The zero-order valence-corrected chi connectivity index (χ0v) is 11.9. The molecule has 1 aliphatic heterocycles. The van der Waals surface area contributed by atoms with E-state index in [4.69, 9.17) is 9.47 Å². The summed E-state index contributed by atoms with van der Waals surface area (Å²) < 4.78 is 10.1. The van der Waals surface area contributed by atoms with E-state index in [1.165, 1.54) is 7.11 Å². The molecule has 0 N–H and O–H groups in total. The number of methoxy groups -OCH3 is 1. The number of hydrogen-bond acceptors (Lipinski definition) is 4. The van der Waals surface area contributed by atoms with Crippen LogP contribution in [0, 0.1) is 5.92 Å². The fourth-order valence-electron chi connectivity index (χ4n) is 2.14. The Labute approximate surface area is 108 Å². The Morgan fingerprint density at radius 3 is 2.33 bits per heavy atom. The maximum absolute atomic E-state index is 12.0. The van der Waals surface area contributed by atoms with Gasteiger partial charge in [-0.2, -0.15) is 0 Å². The molecule has 1 saturated heterocycles. The van der Waals surface area contributed by atoms with Crippen LogP contribution in [0.25, 0.3) is 0 Å². The topological polar surface area (TPSA) is 55.8 Å². The van der Waals surface area contributed by atoms with Crippen molar-refractivity contribution in [1.29, 1.82) is 0 Å². The molecule has 0 aromatic heterocycles. The molecule has 1 amide bonds. The Hall–Kier alpha value is -1.26. The van der Waals surface area contributed by atoms with E-state index in [0.717, 1.165) is 0 Å². The molecule has 1 rings (SSSR count). The number of carbonyl (C=O) groups excluding carboxylic acids is 2. The maximum Gasteiger partial charge on any atom is 0.410 e. The second kappa shape index (κ2) is 5.59. The number of nitrogens with zero attached hydrogens (tertiary/aromatic N) is 1. The van der Waals surface area contributed by atoms with Crippen LogP contribution in [-0.4, -0.2) is 42.3 Å². The van der Waals surface area contributed by atoms with Gasteiger partial charge in [0.1, 0.15) is 5.60 Å². The van der Waals surface area contributed by atoms with E-state index in [-0.39, 0.29) is 24.0 Å². The smallest absolute Gasteiger partial charge is 0.410 e. The lowest BCUT2D eigenvalue weighted by Gasteiger charge is -2.37. The van der Waals surface area contributed by atoms with Crippen LogP contribution in [0.3, 0.4) is 0 Å². The Kier molecular flexibility index (Phi) is 4.59. The fourth-order valence-corrected chi connectivity index (χ4v) is 2.14. The van der Waals surface area contributed by atoms with E-state index in [2.05, 4.69) is 0 Å². The summed E-state index contributed by atoms with van der Waals surface area (Å²) in [5, 5.41) is 0. The lowest BCUT2D eigenvalue weighted by Crippen LogP contribution is -2.48. The van der Waals surface area contributed by atoms with Crippen molar-refractivity contribution in [1.82, 2.24) is 4.90 Å². The largest absolute Gasteiger partial charge is 0.469 e. The van der Waals surface area contributed by atoms with Crippen LogP contribution in [0.15, 0.2) is 0 Å². The van der Waals surface area contributed by atoms with Gasteiger partial charge in [-0.15, -0.1) is 0 Å². The number of rotatable bonds is 1. The maximum atomic E-state index is 12.0. The second-order valence-electron chi connectivity index (χ2n) is 5.77. The highest BCUT2D eigenvalue weighted by Crippen LogP contribution is 2.25. The van der Waals surface area contributed by atoms with Gasteiger partial charge >= 0.3 is 12.1 Å². The first-order chi connectivity index (χ1) is 8.24. The number of amides is 1. The standard InChI is InChI=1S/C13H23NO4/c1-9-8-10(11(15)17-5)6-7-14(9)12(16)18-13(2,3)4/h9-10H,6-8H2,1-5H3/t9-,10+/m0/s1. The van der Waals surface area contributed by atoms with Crippen LogP contribution in [-0.2, 0) is 14.3 Å². The molecule has 0 aromatic carbocycles. The number of ether oxygens (including phenoxy) is 2. The van der Waals surface area contributed by atoms with Crippen molar-refractivity contribution in [3.63, 3.8) is 0 Å². The molecular weight excluding hydrogens is 234 g/mol. The van der Waals surface area contributed by atoms with E-state index >= 15 is 0 Å². The molecule has 0 bridgehead atoms. The van der Waals surface area contributed by atoms with Crippen molar-refractivity contribution >= 4 is 12.1 Å². The average Bonchev–Trinajstić information content (AvgIpc) is 2.25. The third-order valence-corrected chi connectivity index (χ3v) is 3.04. The number of piperidine rings is 1. The second-order valence-corrected chi connectivity index (χ2v) is 5.77. The van der Waals surface area contributed by atoms with Crippen LogP contribution < -0.4 is 0 Å². The quantitative estimate of drug-likeness (QED) is 0.676. The van der Waals surface area contributed by atoms with Crippen molar-refractivity contribution in [2.75, 3.05) is 13.7 Å². The van der Waals surface area contributed by atoms with E-state index in [1.54, 1.807) is 4.90 Å². The van der Waals surface area contributed by atoms with Crippen molar-refractivity contribution in [2.24, 2.45) is 5.92 Å². The highest BCUT2D eigenvalue weighted by molar-refractivity contribution is 5.73. The van der Waals surface area contributed by atoms with E-state index in [0.29, 0.717) is 19.4 Å². The summed E-state index contributed by atoms with van der Waals surface area (Å²) in [6.45, 7) is 8.00. The number of hydrogen-bond donors (Lipinski definition) is 0. The van der Waals surface area contributed by atoms with Gasteiger partial charge < -0.3 is 14.4 Å². The van der Waals surface area contributed by atoms with Crippen molar-refractivity contribution in [2.45, 2.75) is 52.2 Å². The van der Waals surface area contributed by atoms with Crippen molar-refractivity contribution in [3.05, 3.63) is 0 Å². The van der Waals surface area contributed by atoms with Gasteiger partial charge in [0.25, 0.3) is 0 Å².